The van der Waals surface area contributed by atoms with Crippen molar-refractivity contribution >= 4 is 6.03 Å². The van der Waals surface area contributed by atoms with Crippen LogP contribution in [0.1, 0.15) is 25.7 Å². The molecule has 1 N–H and O–H groups in total. The summed E-state index contributed by atoms with van der Waals surface area (Å²) in [4.78, 5) is 15.9. The molecule has 2 aliphatic rings. The molecule has 2 fully saturated rings. The van der Waals surface area contributed by atoms with Gasteiger partial charge in [0.25, 0.3) is 0 Å². The summed E-state index contributed by atoms with van der Waals surface area (Å²) in [5.74, 6) is 0. The molecule has 86 valence electrons. The van der Waals surface area contributed by atoms with Crippen LogP contribution in [-0.4, -0.2) is 55.1 Å². The molecule has 4 heteroatoms. The molecule has 0 atom stereocenters. The zero-order chi connectivity index (χ0) is 10.9. The van der Waals surface area contributed by atoms with Crippen LogP contribution in [0.3, 0.4) is 0 Å². The fourth-order valence-electron chi connectivity index (χ4n) is 2.89. The average molecular weight is 211 g/mol. The van der Waals surface area contributed by atoms with E-state index in [2.05, 4.69) is 10.2 Å². The maximum atomic E-state index is 12.0. The van der Waals surface area contributed by atoms with Crippen LogP contribution in [-0.2, 0) is 0 Å². The molecule has 2 saturated heterocycles. The van der Waals surface area contributed by atoms with Crippen LogP contribution in [0.2, 0.25) is 0 Å². The maximum absolute atomic E-state index is 12.0. The normalized spacial score (nSPS) is 24.5. The predicted octanol–water partition coefficient (Wildman–Crippen LogP) is 0.886. The van der Waals surface area contributed by atoms with E-state index in [9.17, 15) is 4.79 Å². The highest BCUT2D eigenvalue weighted by Crippen LogP contribution is 2.37. The smallest absolute Gasteiger partial charge is 0.319 e. The van der Waals surface area contributed by atoms with Gasteiger partial charge in [0.15, 0.2) is 0 Å². The number of hydrogen-bond donors (Lipinski definition) is 1. The molecule has 0 aromatic heterocycles. The lowest BCUT2D eigenvalue weighted by Gasteiger charge is -2.42. The van der Waals surface area contributed by atoms with Crippen molar-refractivity contribution in [3.63, 3.8) is 0 Å². The van der Waals surface area contributed by atoms with Crippen molar-refractivity contribution < 1.29 is 4.79 Å². The van der Waals surface area contributed by atoms with Crippen molar-refractivity contribution in [2.75, 3.05) is 33.7 Å². The summed E-state index contributed by atoms with van der Waals surface area (Å²) in [6, 6.07) is 0.189. The van der Waals surface area contributed by atoms with Crippen LogP contribution in [0.15, 0.2) is 0 Å². The average Bonchev–Trinajstić information content (AvgIpc) is 2.61. The minimum Gasteiger partial charge on any atom is -0.331 e. The number of amides is 2. The maximum Gasteiger partial charge on any atom is 0.319 e. The third kappa shape index (κ3) is 1.83. The van der Waals surface area contributed by atoms with Gasteiger partial charge < -0.3 is 15.1 Å². The summed E-state index contributed by atoms with van der Waals surface area (Å²) < 4.78 is 0. The molecule has 2 aliphatic heterocycles. The minimum absolute atomic E-state index is 0.173. The molecule has 4 nitrogen and oxygen atoms in total. The summed E-state index contributed by atoms with van der Waals surface area (Å²) in [6.45, 7) is 3.05. The van der Waals surface area contributed by atoms with Crippen molar-refractivity contribution in [2.24, 2.45) is 0 Å². The quantitative estimate of drug-likeness (QED) is 0.646. The molecule has 1 spiro atoms. The number of nitrogens with zero attached hydrogens (tertiary/aromatic N) is 2. The first-order valence-electron chi connectivity index (χ1n) is 5.85. The molecule has 0 aliphatic carbocycles. The Morgan fingerprint density at radius 1 is 1.27 bits per heavy atom. The molecule has 0 aromatic rings. The first kappa shape index (κ1) is 10.7. The summed E-state index contributed by atoms with van der Waals surface area (Å²) in [7, 11) is 3.69. The fourth-order valence-corrected chi connectivity index (χ4v) is 2.89. The monoisotopic (exact) mass is 211 g/mol. The Kier molecular flexibility index (Phi) is 2.87. The third-order valence-electron chi connectivity index (χ3n) is 3.74. The Balaban J connectivity index is 2.13. The van der Waals surface area contributed by atoms with Gasteiger partial charge in [-0.1, -0.05) is 0 Å². The van der Waals surface area contributed by atoms with Crippen molar-refractivity contribution in [1.29, 1.82) is 0 Å². The van der Waals surface area contributed by atoms with Crippen LogP contribution >= 0.6 is 0 Å². The van der Waals surface area contributed by atoms with E-state index in [1.807, 2.05) is 14.1 Å². The van der Waals surface area contributed by atoms with Gasteiger partial charge >= 0.3 is 6.03 Å². The lowest BCUT2D eigenvalue weighted by Crippen LogP contribution is -2.55. The minimum atomic E-state index is 0.173. The van der Waals surface area contributed by atoms with Gasteiger partial charge in [0, 0.05) is 26.2 Å². The van der Waals surface area contributed by atoms with Crippen LogP contribution in [0.4, 0.5) is 4.79 Å². The van der Waals surface area contributed by atoms with Gasteiger partial charge in [0.05, 0.1) is 0 Å². The Morgan fingerprint density at radius 2 is 1.93 bits per heavy atom. The molecular weight excluding hydrogens is 190 g/mol. The SMILES string of the molecule is CN(C)C(=O)N1CCCC12CCNCC2. The number of carbonyl (C=O) groups excluding carboxylic acids is 1. The summed E-state index contributed by atoms with van der Waals surface area (Å²) in [5, 5.41) is 3.37. The molecule has 0 unspecified atom stereocenters. The number of piperidine rings is 1. The van der Waals surface area contributed by atoms with Gasteiger partial charge in [-0.3, -0.25) is 0 Å². The first-order chi connectivity index (χ1) is 7.16. The second-order valence-corrected chi connectivity index (χ2v) is 4.91. The predicted molar refractivity (Wildman–Crippen MR) is 59.9 cm³/mol. The van der Waals surface area contributed by atoms with Gasteiger partial charge in [-0.05, 0) is 38.8 Å². The second kappa shape index (κ2) is 4.00. The zero-order valence-electron chi connectivity index (χ0n) is 9.75. The van der Waals surface area contributed by atoms with Crippen molar-refractivity contribution in [2.45, 2.75) is 31.2 Å². The molecule has 0 aromatic carbocycles. The molecule has 2 rings (SSSR count). The van der Waals surface area contributed by atoms with Crippen LogP contribution in [0, 0.1) is 0 Å². The largest absolute Gasteiger partial charge is 0.331 e. The molecule has 2 amide bonds. The van der Waals surface area contributed by atoms with Crippen molar-refractivity contribution in [3.8, 4) is 0 Å². The number of rotatable bonds is 0. The highest BCUT2D eigenvalue weighted by Gasteiger charge is 2.44. The van der Waals surface area contributed by atoms with E-state index in [0.29, 0.717) is 0 Å². The Bertz CT molecular complexity index is 246. The zero-order valence-corrected chi connectivity index (χ0v) is 9.75. The second-order valence-electron chi connectivity index (χ2n) is 4.91. The molecule has 0 saturated carbocycles. The van der Waals surface area contributed by atoms with E-state index >= 15 is 0 Å². The number of nitrogens with one attached hydrogen (secondary N) is 1. The van der Waals surface area contributed by atoms with Crippen LogP contribution in [0.5, 0.6) is 0 Å². The fraction of sp³-hybridized carbons (Fsp3) is 0.909. The van der Waals surface area contributed by atoms with E-state index in [1.54, 1.807) is 4.90 Å². The molecule has 15 heavy (non-hydrogen) atoms. The van der Waals surface area contributed by atoms with Crippen molar-refractivity contribution in [3.05, 3.63) is 0 Å². The molecule has 0 radical (unpaired) electrons. The van der Waals surface area contributed by atoms with Gasteiger partial charge in [-0.25, -0.2) is 4.79 Å². The summed E-state index contributed by atoms with van der Waals surface area (Å²) in [5.41, 5.74) is 0.173. The van der Waals surface area contributed by atoms with E-state index in [1.165, 1.54) is 12.8 Å². The Hall–Kier alpha value is -0.770. The summed E-state index contributed by atoms with van der Waals surface area (Å²) in [6.07, 6.45) is 4.59. The number of hydrogen-bond acceptors (Lipinski definition) is 2. The topological polar surface area (TPSA) is 35.6 Å². The number of urea groups is 1. The number of likely N-dealkylation sites (tertiary alicyclic amines) is 1. The standard InChI is InChI=1S/C11H21N3O/c1-13(2)10(15)14-9-3-4-11(14)5-7-12-8-6-11/h12H,3-9H2,1-2H3. The molecule has 0 bridgehead atoms. The van der Waals surface area contributed by atoms with Crippen LogP contribution < -0.4 is 5.32 Å². The van der Waals surface area contributed by atoms with Crippen LogP contribution in [0.25, 0.3) is 0 Å². The van der Waals surface area contributed by atoms with Gasteiger partial charge in [-0.2, -0.15) is 0 Å². The molecular formula is C11H21N3O. The van der Waals surface area contributed by atoms with Gasteiger partial charge in [-0.15, -0.1) is 0 Å². The molecule has 2 heterocycles. The third-order valence-corrected chi connectivity index (χ3v) is 3.74. The summed E-state index contributed by atoms with van der Waals surface area (Å²) >= 11 is 0. The lowest BCUT2D eigenvalue weighted by atomic mass is 9.86. The van der Waals surface area contributed by atoms with Crippen molar-refractivity contribution in [1.82, 2.24) is 15.1 Å². The first-order valence-corrected chi connectivity index (χ1v) is 5.85. The van der Waals surface area contributed by atoms with E-state index in [-0.39, 0.29) is 11.6 Å². The van der Waals surface area contributed by atoms with Gasteiger partial charge in [0.1, 0.15) is 0 Å². The van der Waals surface area contributed by atoms with E-state index < -0.39 is 0 Å². The highest BCUT2D eigenvalue weighted by atomic mass is 16.2. The Labute approximate surface area is 91.6 Å². The lowest BCUT2D eigenvalue weighted by molar-refractivity contribution is 0.101. The van der Waals surface area contributed by atoms with Gasteiger partial charge in [0.2, 0.25) is 0 Å². The Morgan fingerprint density at radius 3 is 2.53 bits per heavy atom. The highest BCUT2D eigenvalue weighted by molar-refractivity contribution is 5.75. The number of carbonyl (C=O) groups is 1. The van der Waals surface area contributed by atoms with E-state index in [4.69, 9.17) is 0 Å². The van der Waals surface area contributed by atoms with E-state index in [0.717, 1.165) is 32.5 Å².